The molecule has 0 bridgehead atoms. The quantitative estimate of drug-likeness (QED) is 0.698. The van der Waals surface area contributed by atoms with E-state index in [9.17, 15) is 4.79 Å². The van der Waals surface area contributed by atoms with Crippen molar-refractivity contribution in [1.29, 1.82) is 0 Å². The number of hydrogen-bond donors (Lipinski definition) is 1. The molecule has 5 heteroatoms. The van der Waals surface area contributed by atoms with Crippen molar-refractivity contribution in [3.05, 3.63) is 0 Å². The van der Waals surface area contributed by atoms with Gasteiger partial charge in [-0.05, 0) is 32.4 Å². The van der Waals surface area contributed by atoms with E-state index in [1.807, 2.05) is 18.7 Å². The molecule has 0 aromatic heterocycles. The number of aliphatic hydroxyl groups is 1. The molecule has 1 saturated heterocycles. The summed E-state index contributed by atoms with van der Waals surface area (Å²) >= 11 is 1.77. The fraction of sp³-hybridized carbons (Fsp3) is 0.917. The maximum atomic E-state index is 12.3. The molecular formula is C12H23NO3S. The molecule has 1 N–H and O–H groups in total. The Kier molecular flexibility index (Phi) is 6.92. The second-order valence-corrected chi connectivity index (χ2v) is 5.77. The maximum Gasteiger partial charge on any atom is 0.235 e. The Balaban J connectivity index is 2.38. The molecular weight excluding hydrogens is 238 g/mol. The van der Waals surface area contributed by atoms with Crippen LogP contribution < -0.4 is 0 Å². The summed E-state index contributed by atoms with van der Waals surface area (Å²) in [6, 6.07) is 0.210. The van der Waals surface area contributed by atoms with Crippen molar-refractivity contribution in [1.82, 2.24) is 4.90 Å². The Bertz CT molecular complexity index is 230. The number of carbonyl (C=O) groups excluding carboxylic acids is 1. The van der Waals surface area contributed by atoms with E-state index in [1.54, 1.807) is 11.8 Å². The monoisotopic (exact) mass is 261 g/mol. The second-order valence-electron chi connectivity index (χ2n) is 4.46. The summed E-state index contributed by atoms with van der Waals surface area (Å²) in [6.07, 6.45) is 2.15. The molecule has 0 saturated carbocycles. The summed E-state index contributed by atoms with van der Waals surface area (Å²) < 4.78 is 5.23. The van der Waals surface area contributed by atoms with E-state index in [-0.39, 0.29) is 23.8 Å². The Morgan fingerprint density at radius 2 is 2.29 bits per heavy atom. The third kappa shape index (κ3) is 4.85. The third-order valence-corrected chi connectivity index (χ3v) is 4.19. The van der Waals surface area contributed by atoms with Gasteiger partial charge in [-0.2, -0.15) is 0 Å². The first-order valence-electron chi connectivity index (χ1n) is 6.27. The van der Waals surface area contributed by atoms with Crippen molar-refractivity contribution < 1.29 is 14.6 Å². The molecule has 0 radical (unpaired) electrons. The molecule has 0 aromatic carbocycles. The van der Waals surface area contributed by atoms with Gasteiger partial charge in [-0.1, -0.05) is 0 Å². The smallest absolute Gasteiger partial charge is 0.235 e. The number of rotatable bonds is 7. The predicted octanol–water partition coefficient (Wildman–Crippen LogP) is 1.13. The average Bonchev–Trinajstić information content (AvgIpc) is 2.81. The van der Waals surface area contributed by atoms with Crippen molar-refractivity contribution in [2.45, 2.75) is 38.0 Å². The predicted molar refractivity (Wildman–Crippen MR) is 70.2 cm³/mol. The van der Waals surface area contributed by atoms with Gasteiger partial charge in [-0.3, -0.25) is 4.79 Å². The van der Waals surface area contributed by atoms with Crippen LogP contribution in [0.15, 0.2) is 0 Å². The van der Waals surface area contributed by atoms with Crippen LogP contribution in [0.3, 0.4) is 0 Å². The van der Waals surface area contributed by atoms with Crippen LogP contribution >= 0.6 is 11.8 Å². The maximum absolute atomic E-state index is 12.3. The molecule has 4 nitrogen and oxygen atoms in total. The number of hydrogen-bond acceptors (Lipinski definition) is 4. The van der Waals surface area contributed by atoms with Gasteiger partial charge in [0.1, 0.15) is 0 Å². The van der Waals surface area contributed by atoms with Crippen LogP contribution in [0.2, 0.25) is 0 Å². The first-order valence-corrected chi connectivity index (χ1v) is 7.32. The molecule has 1 atom stereocenters. The normalized spacial score (nSPS) is 19.9. The summed E-state index contributed by atoms with van der Waals surface area (Å²) in [5.41, 5.74) is 0. The van der Waals surface area contributed by atoms with Crippen LogP contribution in [-0.4, -0.2) is 59.3 Å². The first kappa shape index (κ1) is 14.8. The number of carbonyl (C=O) groups is 1. The lowest BCUT2D eigenvalue weighted by atomic mass is 10.2. The Hall–Kier alpha value is -0.260. The van der Waals surface area contributed by atoms with Gasteiger partial charge < -0.3 is 14.7 Å². The van der Waals surface area contributed by atoms with Crippen molar-refractivity contribution in [2.75, 3.05) is 32.1 Å². The lowest BCUT2D eigenvalue weighted by Crippen LogP contribution is -2.43. The van der Waals surface area contributed by atoms with Gasteiger partial charge in [0, 0.05) is 12.6 Å². The molecule has 1 heterocycles. The molecule has 1 amide bonds. The van der Waals surface area contributed by atoms with Gasteiger partial charge >= 0.3 is 0 Å². The van der Waals surface area contributed by atoms with Gasteiger partial charge in [-0.25, -0.2) is 0 Å². The van der Waals surface area contributed by atoms with Crippen molar-refractivity contribution in [3.63, 3.8) is 0 Å². The third-order valence-electron chi connectivity index (χ3n) is 2.82. The zero-order chi connectivity index (χ0) is 12.7. The highest BCUT2D eigenvalue weighted by Crippen LogP contribution is 2.28. The fourth-order valence-electron chi connectivity index (χ4n) is 1.91. The zero-order valence-electron chi connectivity index (χ0n) is 10.7. The number of nitrogens with zero attached hydrogens (tertiary/aromatic N) is 1. The lowest BCUT2D eigenvalue weighted by Gasteiger charge is -2.29. The summed E-state index contributed by atoms with van der Waals surface area (Å²) in [6.45, 7) is 5.56. The van der Waals surface area contributed by atoms with Crippen molar-refractivity contribution >= 4 is 17.7 Å². The topological polar surface area (TPSA) is 49.8 Å². The van der Waals surface area contributed by atoms with E-state index in [2.05, 4.69) is 0 Å². The molecule has 17 heavy (non-hydrogen) atoms. The van der Waals surface area contributed by atoms with E-state index in [4.69, 9.17) is 9.84 Å². The molecule has 0 aliphatic carbocycles. The molecule has 100 valence electrons. The SMILES string of the molecule is CC(C)N(CCOCCO)C(=O)C1CCCS1. The molecule has 0 aromatic rings. The number of thioether (sulfide) groups is 1. The van der Waals surface area contributed by atoms with E-state index in [0.717, 1.165) is 18.6 Å². The van der Waals surface area contributed by atoms with E-state index >= 15 is 0 Å². The van der Waals surface area contributed by atoms with Gasteiger partial charge in [-0.15, -0.1) is 11.8 Å². The molecule has 1 unspecified atom stereocenters. The van der Waals surface area contributed by atoms with Gasteiger partial charge in [0.15, 0.2) is 0 Å². The first-order chi connectivity index (χ1) is 8.16. The van der Waals surface area contributed by atoms with Gasteiger partial charge in [0.2, 0.25) is 5.91 Å². The molecule has 0 spiro atoms. The highest BCUT2D eigenvalue weighted by Gasteiger charge is 2.28. The number of ether oxygens (including phenoxy) is 1. The van der Waals surface area contributed by atoms with Crippen LogP contribution in [0.25, 0.3) is 0 Å². The minimum Gasteiger partial charge on any atom is -0.394 e. The summed E-state index contributed by atoms with van der Waals surface area (Å²) in [5, 5.41) is 8.76. The number of aliphatic hydroxyl groups excluding tert-OH is 1. The van der Waals surface area contributed by atoms with Gasteiger partial charge in [0.25, 0.3) is 0 Å². The second kappa shape index (κ2) is 7.95. The summed E-state index contributed by atoms with van der Waals surface area (Å²) in [4.78, 5) is 14.1. The van der Waals surface area contributed by atoms with E-state index < -0.39 is 0 Å². The fourth-order valence-corrected chi connectivity index (χ4v) is 3.14. The highest BCUT2D eigenvalue weighted by atomic mass is 32.2. The van der Waals surface area contributed by atoms with Crippen LogP contribution in [-0.2, 0) is 9.53 Å². The van der Waals surface area contributed by atoms with Crippen LogP contribution in [0.1, 0.15) is 26.7 Å². The molecule has 1 fully saturated rings. The highest BCUT2D eigenvalue weighted by molar-refractivity contribution is 8.00. The van der Waals surface area contributed by atoms with Crippen molar-refractivity contribution in [3.8, 4) is 0 Å². The summed E-state index contributed by atoms with van der Waals surface area (Å²) in [7, 11) is 0. The standard InChI is InChI=1S/C12H23NO3S/c1-10(2)13(5-7-16-8-6-14)12(15)11-4-3-9-17-11/h10-11,14H,3-9H2,1-2H3. The molecule has 1 aliphatic rings. The van der Waals surface area contributed by atoms with Gasteiger partial charge in [0.05, 0.1) is 25.1 Å². The minimum atomic E-state index is 0.0358. The average molecular weight is 261 g/mol. The Labute approximate surface area is 108 Å². The Morgan fingerprint density at radius 1 is 1.53 bits per heavy atom. The van der Waals surface area contributed by atoms with E-state index in [0.29, 0.717) is 19.8 Å². The van der Waals surface area contributed by atoms with Crippen LogP contribution in [0, 0.1) is 0 Å². The Morgan fingerprint density at radius 3 is 2.82 bits per heavy atom. The van der Waals surface area contributed by atoms with Crippen molar-refractivity contribution in [2.24, 2.45) is 0 Å². The largest absolute Gasteiger partial charge is 0.394 e. The summed E-state index contributed by atoms with van der Waals surface area (Å²) in [5.74, 6) is 1.35. The zero-order valence-corrected chi connectivity index (χ0v) is 11.5. The number of amides is 1. The molecule has 1 aliphatic heterocycles. The van der Waals surface area contributed by atoms with Crippen LogP contribution in [0.4, 0.5) is 0 Å². The molecule has 1 rings (SSSR count). The van der Waals surface area contributed by atoms with E-state index in [1.165, 1.54) is 0 Å². The van der Waals surface area contributed by atoms with Crippen LogP contribution in [0.5, 0.6) is 0 Å². The minimum absolute atomic E-state index is 0.0358. The lowest BCUT2D eigenvalue weighted by molar-refractivity contribution is -0.133.